The number of hydrogen-bond donors (Lipinski definition) is 0. The van der Waals surface area contributed by atoms with Crippen LogP contribution in [0.1, 0.15) is 43.7 Å². The molecule has 2 aromatic carbocycles. The Morgan fingerprint density at radius 1 is 0.818 bits per heavy atom. The van der Waals surface area contributed by atoms with Gasteiger partial charge in [-0.25, -0.2) is 0 Å². The molecule has 0 aliphatic heterocycles. The third kappa shape index (κ3) is 2.65. The van der Waals surface area contributed by atoms with E-state index in [-0.39, 0.29) is 22.5 Å². The van der Waals surface area contributed by atoms with Crippen LogP contribution in [0.15, 0.2) is 30.3 Å². The summed E-state index contributed by atoms with van der Waals surface area (Å²) in [6, 6.07) is 8.39. The molecule has 0 aromatic heterocycles. The molecule has 0 saturated heterocycles. The summed E-state index contributed by atoms with van der Waals surface area (Å²) in [5.74, 6) is -0.371. The highest BCUT2D eigenvalue weighted by molar-refractivity contribution is 6.11. The quantitative estimate of drug-likeness (QED) is 0.700. The van der Waals surface area contributed by atoms with Crippen molar-refractivity contribution >= 4 is 5.78 Å². The molecule has 0 bridgehead atoms. The fourth-order valence-electron chi connectivity index (χ4n) is 2.84. The highest BCUT2D eigenvalue weighted by Gasteiger charge is 2.37. The molecule has 0 atom stereocenters. The number of carbonyl (C=O) groups is 1. The third-order valence-corrected chi connectivity index (χ3v) is 4.17. The van der Waals surface area contributed by atoms with Gasteiger partial charge in [-0.1, -0.05) is 30.3 Å². The second kappa shape index (κ2) is 5.59. The number of rotatable bonds is 2. The molecule has 2 rings (SSSR count). The van der Waals surface area contributed by atoms with Crippen LogP contribution in [0, 0.1) is 27.7 Å². The molecule has 0 aliphatic rings. The standard InChI is InChI=1S/C18H17F3O/c1-10-11(2)15(17(22)14-8-6-5-7-9-14)13(4)16(12(10)3)18(19,20)21/h5-9H,1-4H3. The zero-order valence-electron chi connectivity index (χ0n) is 12.9. The molecule has 0 unspecified atom stereocenters. The predicted octanol–water partition coefficient (Wildman–Crippen LogP) is 5.17. The van der Waals surface area contributed by atoms with E-state index in [0.29, 0.717) is 16.7 Å². The lowest BCUT2D eigenvalue weighted by Gasteiger charge is -2.21. The molecule has 22 heavy (non-hydrogen) atoms. The average Bonchev–Trinajstić information content (AvgIpc) is 2.44. The van der Waals surface area contributed by atoms with Crippen molar-refractivity contribution < 1.29 is 18.0 Å². The molecule has 2 aromatic rings. The Balaban J connectivity index is 2.77. The SMILES string of the molecule is Cc1c(C)c(C(=O)c2ccccc2)c(C)c(C(F)(F)F)c1C. The van der Waals surface area contributed by atoms with E-state index in [1.165, 1.54) is 13.8 Å². The first kappa shape index (κ1) is 16.3. The summed E-state index contributed by atoms with van der Waals surface area (Å²) in [5.41, 5.74) is 1.16. The summed E-state index contributed by atoms with van der Waals surface area (Å²) in [7, 11) is 0. The summed E-state index contributed by atoms with van der Waals surface area (Å²) in [6.45, 7) is 6.15. The first-order chi connectivity index (χ1) is 10.2. The van der Waals surface area contributed by atoms with E-state index in [4.69, 9.17) is 0 Å². The van der Waals surface area contributed by atoms with E-state index in [9.17, 15) is 18.0 Å². The van der Waals surface area contributed by atoms with Crippen LogP contribution in [0.5, 0.6) is 0 Å². The molecule has 0 amide bonds. The second-order valence-corrected chi connectivity index (χ2v) is 5.44. The third-order valence-electron chi connectivity index (χ3n) is 4.17. The molecule has 116 valence electrons. The van der Waals surface area contributed by atoms with Crippen molar-refractivity contribution in [2.24, 2.45) is 0 Å². The molecule has 0 fully saturated rings. The summed E-state index contributed by atoms with van der Waals surface area (Å²) >= 11 is 0. The fourth-order valence-corrected chi connectivity index (χ4v) is 2.84. The lowest BCUT2D eigenvalue weighted by atomic mass is 9.85. The van der Waals surface area contributed by atoms with Gasteiger partial charge in [-0.3, -0.25) is 4.79 Å². The van der Waals surface area contributed by atoms with Crippen molar-refractivity contribution in [1.29, 1.82) is 0 Å². The van der Waals surface area contributed by atoms with Crippen LogP contribution in [0.25, 0.3) is 0 Å². The Labute approximate surface area is 127 Å². The number of benzene rings is 2. The Morgan fingerprint density at radius 3 is 1.86 bits per heavy atom. The van der Waals surface area contributed by atoms with Crippen molar-refractivity contribution in [3.05, 3.63) is 69.3 Å². The van der Waals surface area contributed by atoms with E-state index >= 15 is 0 Å². The zero-order chi connectivity index (χ0) is 16.7. The van der Waals surface area contributed by atoms with Crippen LogP contribution in [-0.2, 0) is 6.18 Å². The Bertz CT molecular complexity index is 728. The van der Waals surface area contributed by atoms with E-state index in [1.54, 1.807) is 44.2 Å². The number of hydrogen-bond acceptors (Lipinski definition) is 1. The van der Waals surface area contributed by atoms with Crippen LogP contribution in [-0.4, -0.2) is 5.78 Å². The average molecular weight is 306 g/mol. The van der Waals surface area contributed by atoms with Crippen LogP contribution >= 0.6 is 0 Å². The van der Waals surface area contributed by atoms with Crippen LogP contribution < -0.4 is 0 Å². The lowest BCUT2D eigenvalue weighted by molar-refractivity contribution is -0.138. The van der Waals surface area contributed by atoms with Crippen molar-refractivity contribution in [2.45, 2.75) is 33.9 Å². The number of ketones is 1. The maximum absolute atomic E-state index is 13.4. The topological polar surface area (TPSA) is 17.1 Å². The minimum atomic E-state index is -4.47. The lowest BCUT2D eigenvalue weighted by Crippen LogP contribution is -2.17. The summed E-state index contributed by atoms with van der Waals surface area (Å²) < 4.78 is 40.1. The predicted molar refractivity (Wildman–Crippen MR) is 80.3 cm³/mol. The molecule has 0 N–H and O–H groups in total. The molecular weight excluding hydrogens is 289 g/mol. The molecule has 0 saturated carbocycles. The highest BCUT2D eigenvalue weighted by Crippen LogP contribution is 2.39. The Hall–Kier alpha value is -2.10. The summed E-state index contributed by atoms with van der Waals surface area (Å²) in [4.78, 5) is 12.7. The van der Waals surface area contributed by atoms with Crippen LogP contribution in [0.3, 0.4) is 0 Å². The van der Waals surface area contributed by atoms with Crippen molar-refractivity contribution in [3.8, 4) is 0 Å². The molecular formula is C18H17F3O. The maximum Gasteiger partial charge on any atom is 0.416 e. The van der Waals surface area contributed by atoms with Gasteiger partial charge < -0.3 is 0 Å². The van der Waals surface area contributed by atoms with Crippen molar-refractivity contribution in [1.82, 2.24) is 0 Å². The van der Waals surface area contributed by atoms with Gasteiger partial charge in [0, 0.05) is 11.1 Å². The van der Waals surface area contributed by atoms with Gasteiger partial charge in [-0.15, -0.1) is 0 Å². The largest absolute Gasteiger partial charge is 0.416 e. The Kier molecular flexibility index (Phi) is 4.14. The first-order valence-corrected chi connectivity index (χ1v) is 6.93. The van der Waals surface area contributed by atoms with Gasteiger partial charge >= 0.3 is 6.18 Å². The molecule has 0 radical (unpaired) electrons. The summed E-state index contributed by atoms with van der Waals surface area (Å²) in [6.07, 6.45) is -4.47. The molecule has 0 spiro atoms. The highest BCUT2D eigenvalue weighted by atomic mass is 19.4. The normalized spacial score (nSPS) is 11.6. The summed E-state index contributed by atoms with van der Waals surface area (Å²) in [5, 5.41) is 0. The number of halogens is 3. The minimum Gasteiger partial charge on any atom is -0.289 e. The van der Waals surface area contributed by atoms with Gasteiger partial charge in [0.1, 0.15) is 0 Å². The monoisotopic (exact) mass is 306 g/mol. The van der Waals surface area contributed by atoms with E-state index in [1.807, 2.05) is 0 Å². The fraction of sp³-hybridized carbons (Fsp3) is 0.278. The van der Waals surface area contributed by atoms with Crippen molar-refractivity contribution in [2.75, 3.05) is 0 Å². The Morgan fingerprint density at radius 2 is 1.36 bits per heavy atom. The van der Waals surface area contributed by atoms with Crippen molar-refractivity contribution in [3.63, 3.8) is 0 Å². The van der Waals surface area contributed by atoms with Gasteiger partial charge in [0.05, 0.1) is 5.56 Å². The van der Waals surface area contributed by atoms with Gasteiger partial charge in [0.25, 0.3) is 0 Å². The minimum absolute atomic E-state index is 0.00181. The molecule has 0 heterocycles. The number of alkyl halides is 3. The van der Waals surface area contributed by atoms with Crippen LogP contribution in [0.4, 0.5) is 13.2 Å². The van der Waals surface area contributed by atoms with E-state index in [2.05, 4.69) is 0 Å². The number of carbonyl (C=O) groups excluding carboxylic acids is 1. The maximum atomic E-state index is 13.4. The van der Waals surface area contributed by atoms with Gasteiger partial charge in [0.2, 0.25) is 0 Å². The molecule has 1 nitrogen and oxygen atoms in total. The zero-order valence-corrected chi connectivity index (χ0v) is 12.9. The first-order valence-electron chi connectivity index (χ1n) is 6.93. The smallest absolute Gasteiger partial charge is 0.289 e. The van der Waals surface area contributed by atoms with E-state index in [0.717, 1.165) is 0 Å². The van der Waals surface area contributed by atoms with E-state index < -0.39 is 11.7 Å². The molecule has 4 heteroatoms. The molecule has 0 aliphatic carbocycles. The van der Waals surface area contributed by atoms with Crippen LogP contribution in [0.2, 0.25) is 0 Å². The van der Waals surface area contributed by atoms with Gasteiger partial charge in [-0.05, 0) is 49.9 Å². The second-order valence-electron chi connectivity index (χ2n) is 5.44. The van der Waals surface area contributed by atoms with Gasteiger partial charge in [-0.2, -0.15) is 13.2 Å². The van der Waals surface area contributed by atoms with Gasteiger partial charge in [0.15, 0.2) is 5.78 Å².